The van der Waals surface area contributed by atoms with E-state index in [9.17, 15) is 9.59 Å². The van der Waals surface area contributed by atoms with Gasteiger partial charge >= 0.3 is 0 Å². The number of H-pyrrole nitrogens is 1. The number of hydrogen-bond donors (Lipinski definition) is 3. The Hall–Kier alpha value is -1.62. The highest BCUT2D eigenvalue weighted by Crippen LogP contribution is 1.93. The summed E-state index contributed by atoms with van der Waals surface area (Å²) < 4.78 is 0. The highest BCUT2D eigenvalue weighted by Gasteiger charge is 2.07. The summed E-state index contributed by atoms with van der Waals surface area (Å²) in [5.41, 5.74) is 0.0279. The summed E-state index contributed by atoms with van der Waals surface area (Å²) in [6.07, 6.45) is 0. The molecule has 88 valence electrons. The number of carbonyl (C=O) groups is 1. The van der Waals surface area contributed by atoms with Gasteiger partial charge in [-0.1, -0.05) is 13.0 Å². The summed E-state index contributed by atoms with van der Waals surface area (Å²) in [6.45, 7) is 3.45. The van der Waals surface area contributed by atoms with Crippen LogP contribution in [0.1, 0.15) is 17.4 Å². The molecule has 1 unspecified atom stereocenters. The van der Waals surface area contributed by atoms with Gasteiger partial charge in [0.05, 0.1) is 0 Å². The van der Waals surface area contributed by atoms with Crippen molar-refractivity contribution in [3.05, 3.63) is 34.2 Å². The van der Waals surface area contributed by atoms with E-state index < -0.39 is 0 Å². The minimum atomic E-state index is -0.268. The van der Waals surface area contributed by atoms with E-state index >= 15 is 0 Å². The van der Waals surface area contributed by atoms with E-state index in [0.29, 0.717) is 18.2 Å². The average Bonchev–Trinajstić information content (AvgIpc) is 2.26. The largest absolute Gasteiger partial charge is 0.350 e. The molecule has 1 atom stereocenters. The van der Waals surface area contributed by atoms with Crippen molar-refractivity contribution in [2.24, 2.45) is 5.92 Å². The Morgan fingerprint density at radius 3 is 2.81 bits per heavy atom. The Bertz CT molecular complexity index is 400. The molecule has 0 saturated heterocycles. The first kappa shape index (κ1) is 12.4. The number of aromatic amines is 1. The second-order valence-electron chi connectivity index (χ2n) is 3.80. The van der Waals surface area contributed by atoms with Gasteiger partial charge in [0.15, 0.2) is 0 Å². The molecule has 5 heteroatoms. The summed E-state index contributed by atoms with van der Waals surface area (Å²) in [5.74, 6) is 0.102. The zero-order chi connectivity index (χ0) is 12.0. The minimum Gasteiger partial charge on any atom is -0.350 e. The third-order valence-corrected chi connectivity index (χ3v) is 2.18. The SMILES string of the molecule is CNCC(C)CNC(=O)c1cccc(=O)[nH]1. The fourth-order valence-corrected chi connectivity index (χ4v) is 1.36. The van der Waals surface area contributed by atoms with Gasteiger partial charge in [-0.2, -0.15) is 0 Å². The summed E-state index contributed by atoms with van der Waals surface area (Å²) in [4.78, 5) is 25.1. The molecule has 0 aromatic carbocycles. The highest BCUT2D eigenvalue weighted by atomic mass is 16.2. The highest BCUT2D eigenvalue weighted by molar-refractivity contribution is 5.92. The van der Waals surface area contributed by atoms with Gasteiger partial charge in [0.25, 0.3) is 5.91 Å². The van der Waals surface area contributed by atoms with E-state index in [2.05, 4.69) is 15.6 Å². The van der Waals surface area contributed by atoms with E-state index in [1.807, 2.05) is 14.0 Å². The molecule has 0 aliphatic heterocycles. The van der Waals surface area contributed by atoms with Crippen molar-refractivity contribution in [1.82, 2.24) is 15.6 Å². The minimum absolute atomic E-state index is 0.249. The lowest BCUT2D eigenvalue weighted by atomic mass is 10.2. The van der Waals surface area contributed by atoms with Gasteiger partial charge < -0.3 is 15.6 Å². The van der Waals surface area contributed by atoms with Crippen molar-refractivity contribution in [2.45, 2.75) is 6.92 Å². The Balaban J connectivity index is 2.50. The summed E-state index contributed by atoms with van der Waals surface area (Å²) >= 11 is 0. The molecule has 0 bridgehead atoms. The molecular formula is C11H17N3O2. The first-order valence-electron chi connectivity index (χ1n) is 5.25. The number of amides is 1. The molecule has 5 nitrogen and oxygen atoms in total. The van der Waals surface area contributed by atoms with E-state index in [1.54, 1.807) is 12.1 Å². The number of carbonyl (C=O) groups excluding carboxylic acids is 1. The zero-order valence-electron chi connectivity index (χ0n) is 9.54. The third-order valence-electron chi connectivity index (χ3n) is 2.18. The lowest BCUT2D eigenvalue weighted by Crippen LogP contribution is -2.33. The number of rotatable bonds is 5. The first-order valence-corrected chi connectivity index (χ1v) is 5.25. The first-order chi connectivity index (χ1) is 7.63. The summed E-state index contributed by atoms with van der Waals surface area (Å²) in [5, 5.41) is 5.79. The fourth-order valence-electron chi connectivity index (χ4n) is 1.36. The fraction of sp³-hybridized carbons (Fsp3) is 0.455. The van der Waals surface area contributed by atoms with E-state index in [0.717, 1.165) is 6.54 Å². The van der Waals surface area contributed by atoms with Crippen LogP contribution in [0.4, 0.5) is 0 Å². The van der Waals surface area contributed by atoms with Gasteiger partial charge in [0.2, 0.25) is 5.56 Å². The van der Waals surface area contributed by atoms with Gasteiger partial charge in [-0.15, -0.1) is 0 Å². The molecule has 0 fully saturated rings. The molecule has 1 aromatic rings. The van der Waals surface area contributed by atoms with Crippen molar-refractivity contribution in [2.75, 3.05) is 20.1 Å². The van der Waals surface area contributed by atoms with Crippen molar-refractivity contribution < 1.29 is 4.79 Å². The van der Waals surface area contributed by atoms with Crippen molar-refractivity contribution >= 4 is 5.91 Å². The van der Waals surface area contributed by atoms with Crippen LogP contribution in [0, 0.1) is 5.92 Å². The van der Waals surface area contributed by atoms with Crippen LogP contribution in [0.25, 0.3) is 0 Å². The molecule has 16 heavy (non-hydrogen) atoms. The molecule has 0 aliphatic carbocycles. The molecule has 1 aromatic heterocycles. The zero-order valence-corrected chi connectivity index (χ0v) is 9.54. The summed E-state index contributed by atoms with van der Waals surface area (Å²) in [7, 11) is 1.87. The van der Waals surface area contributed by atoms with Gasteiger partial charge in [-0.3, -0.25) is 9.59 Å². The Morgan fingerprint density at radius 2 is 2.19 bits per heavy atom. The van der Waals surface area contributed by atoms with Gasteiger partial charge in [-0.05, 0) is 25.6 Å². The lowest BCUT2D eigenvalue weighted by molar-refractivity contribution is 0.0943. The van der Waals surface area contributed by atoms with Crippen LogP contribution in [0.2, 0.25) is 0 Å². The van der Waals surface area contributed by atoms with Crippen LogP contribution in [0.3, 0.4) is 0 Å². The Labute approximate surface area is 94.3 Å². The second-order valence-corrected chi connectivity index (χ2v) is 3.80. The smallest absolute Gasteiger partial charge is 0.267 e. The maximum Gasteiger partial charge on any atom is 0.267 e. The van der Waals surface area contributed by atoms with Crippen LogP contribution < -0.4 is 16.2 Å². The lowest BCUT2D eigenvalue weighted by Gasteiger charge is -2.11. The quantitative estimate of drug-likeness (QED) is 0.655. The Morgan fingerprint density at radius 1 is 1.44 bits per heavy atom. The molecular weight excluding hydrogens is 206 g/mol. The predicted octanol–water partition coefficient (Wildman–Crippen LogP) is -0.0398. The van der Waals surface area contributed by atoms with E-state index in [-0.39, 0.29) is 11.5 Å². The molecule has 1 rings (SSSR count). The Kier molecular flexibility index (Phi) is 4.72. The normalized spacial score (nSPS) is 12.1. The number of nitrogens with one attached hydrogen (secondary N) is 3. The van der Waals surface area contributed by atoms with Crippen LogP contribution in [-0.2, 0) is 0 Å². The molecule has 0 aliphatic rings. The maximum absolute atomic E-state index is 11.6. The summed E-state index contributed by atoms with van der Waals surface area (Å²) in [6, 6.07) is 4.52. The number of hydrogen-bond acceptors (Lipinski definition) is 3. The molecule has 0 radical (unpaired) electrons. The van der Waals surface area contributed by atoms with Gasteiger partial charge in [-0.25, -0.2) is 0 Å². The molecule has 0 saturated carbocycles. The van der Waals surface area contributed by atoms with Crippen LogP contribution in [0.15, 0.2) is 23.0 Å². The maximum atomic E-state index is 11.6. The number of aromatic nitrogens is 1. The van der Waals surface area contributed by atoms with E-state index in [4.69, 9.17) is 0 Å². The van der Waals surface area contributed by atoms with Gasteiger partial charge in [0.1, 0.15) is 5.69 Å². The van der Waals surface area contributed by atoms with Crippen LogP contribution in [0.5, 0.6) is 0 Å². The van der Waals surface area contributed by atoms with Crippen LogP contribution in [-0.4, -0.2) is 31.0 Å². The second kappa shape index (κ2) is 6.07. The predicted molar refractivity (Wildman–Crippen MR) is 62.5 cm³/mol. The average molecular weight is 223 g/mol. The van der Waals surface area contributed by atoms with Crippen molar-refractivity contribution in [1.29, 1.82) is 0 Å². The monoisotopic (exact) mass is 223 g/mol. The molecule has 1 heterocycles. The van der Waals surface area contributed by atoms with E-state index in [1.165, 1.54) is 6.07 Å². The molecule has 1 amide bonds. The van der Waals surface area contributed by atoms with Crippen LogP contribution >= 0.6 is 0 Å². The van der Waals surface area contributed by atoms with Crippen molar-refractivity contribution in [3.8, 4) is 0 Å². The molecule has 0 spiro atoms. The van der Waals surface area contributed by atoms with Crippen molar-refractivity contribution in [3.63, 3.8) is 0 Å². The van der Waals surface area contributed by atoms with Gasteiger partial charge in [0, 0.05) is 12.6 Å². The molecule has 3 N–H and O–H groups in total. The topological polar surface area (TPSA) is 74.0 Å². The third kappa shape index (κ3) is 3.86. The number of pyridine rings is 1. The standard InChI is InChI=1S/C11H17N3O2/c1-8(6-12-2)7-13-11(16)9-4-3-5-10(15)14-9/h3-5,8,12H,6-7H2,1-2H3,(H,13,16)(H,14,15).